The van der Waals surface area contributed by atoms with Crippen LogP contribution < -0.4 is 5.32 Å². The molecule has 17 heavy (non-hydrogen) atoms. The third-order valence-electron chi connectivity index (χ3n) is 3.19. The highest BCUT2D eigenvalue weighted by atomic mass is 16.2. The van der Waals surface area contributed by atoms with Crippen LogP contribution >= 0.6 is 0 Å². The van der Waals surface area contributed by atoms with Gasteiger partial charge in [-0.2, -0.15) is 0 Å². The highest BCUT2D eigenvalue weighted by Gasteiger charge is 2.34. The normalized spacial score (nSPS) is 22.5. The monoisotopic (exact) mass is 241 g/mol. The molecule has 0 aromatic rings. The SMILES string of the molecule is CCNC1CCCN(C(C)C(=O)N(C)C)C1=O. The molecule has 0 aliphatic carbocycles. The fourth-order valence-electron chi connectivity index (χ4n) is 2.23. The van der Waals surface area contributed by atoms with Crippen LogP contribution in [0.5, 0.6) is 0 Å². The summed E-state index contributed by atoms with van der Waals surface area (Å²) < 4.78 is 0. The van der Waals surface area contributed by atoms with E-state index in [-0.39, 0.29) is 23.9 Å². The quantitative estimate of drug-likeness (QED) is 0.757. The molecule has 1 saturated heterocycles. The molecule has 1 rings (SSSR count). The maximum atomic E-state index is 12.2. The zero-order valence-corrected chi connectivity index (χ0v) is 11.2. The van der Waals surface area contributed by atoms with Crippen LogP contribution in [-0.4, -0.2) is 60.9 Å². The Balaban J connectivity index is 2.69. The van der Waals surface area contributed by atoms with E-state index in [4.69, 9.17) is 0 Å². The molecular weight excluding hydrogens is 218 g/mol. The average molecular weight is 241 g/mol. The molecule has 5 nitrogen and oxygen atoms in total. The Kier molecular flexibility index (Phi) is 4.93. The van der Waals surface area contributed by atoms with E-state index in [1.165, 1.54) is 4.90 Å². The molecule has 1 heterocycles. The first kappa shape index (κ1) is 14.0. The second kappa shape index (κ2) is 6.00. The lowest BCUT2D eigenvalue weighted by Crippen LogP contribution is -2.56. The number of likely N-dealkylation sites (N-methyl/N-ethyl adjacent to an activating group) is 2. The van der Waals surface area contributed by atoms with E-state index in [2.05, 4.69) is 5.32 Å². The lowest BCUT2D eigenvalue weighted by Gasteiger charge is -2.36. The van der Waals surface area contributed by atoms with Gasteiger partial charge < -0.3 is 15.1 Å². The number of nitrogens with zero attached hydrogens (tertiary/aromatic N) is 2. The number of piperidine rings is 1. The molecule has 0 spiro atoms. The number of hydrogen-bond acceptors (Lipinski definition) is 3. The number of amides is 2. The van der Waals surface area contributed by atoms with E-state index in [1.54, 1.807) is 25.9 Å². The summed E-state index contributed by atoms with van der Waals surface area (Å²) in [6.45, 7) is 5.25. The number of rotatable bonds is 4. The van der Waals surface area contributed by atoms with Crippen molar-refractivity contribution in [2.75, 3.05) is 27.2 Å². The molecule has 1 N–H and O–H groups in total. The Labute approximate surface area is 103 Å². The van der Waals surface area contributed by atoms with Crippen molar-refractivity contribution in [3.05, 3.63) is 0 Å². The van der Waals surface area contributed by atoms with Gasteiger partial charge in [0.1, 0.15) is 6.04 Å². The van der Waals surface area contributed by atoms with E-state index in [1.807, 2.05) is 6.92 Å². The van der Waals surface area contributed by atoms with Crippen molar-refractivity contribution in [2.24, 2.45) is 0 Å². The fraction of sp³-hybridized carbons (Fsp3) is 0.833. The summed E-state index contributed by atoms with van der Waals surface area (Å²) in [5.41, 5.74) is 0. The van der Waals surface area contributed by atoms with Crippen LogP contribution in [0.1, 0.15) is 26.7 Å². The van der Waals surface area contributed by atoms with Gasteiger partial charge in [-0.3, -0.25) is 9.59 Å². The van der Waals surface area contributed by atoms with Gasteiger partial charge in [-0.05, 0) is 26.3 Å². The van der Waals surface area contributed by atoms with E-state index < -0.39 is 0 Å². The highest BCUT2D eigenvalue weighted by molar-refractivity contribution is 5.89. The minimum Gasteiger partial charge on any atom is -0.347 e. The van der Waals surface area contributed by atoms with Crippen LogP contribution in [0.4, 0.5) is 0 Å². The highest BCUT2D eigenvalue weighted by Crippen LogP contribution is 2.15. The van der Waals surface area contributed by atoms with Gasteiger partial charge >= 0.3 is 0 Å². The molecule has 0 aromatic heterocycles. The molecule has 1 fully saturated rings. The lowest BCUT2D eigenvalue weighted by atomic mass is 10.0. The second-order valence-corrected chi connectivity index (χ2v) is 4.69. The van der Waals surface area contributed by atoms with Gasteiger partial charge in [0.05, 0.1) is 6.04 Å². The van der Waals surface area contributed by atoms with E-state index in [0.29, 0.717) is 6.54 Å². The number of carbonyl (C=O) groups excluding carboxylic acids is 2. The van der Waals surface area contributed by atoms with Crippen LogP contribution in [0.3, 0.4) is 0 Å². The molecule has 1 aliphatic heterocycles. The van der Waals surface area contributed by atoms with Crippen LogP contribution in [0.15, 0.2) is 0 Å². The predicted molar refractivity (Wildman–Crippen MR) is 66.6 cm³/mol. The Morgan fingerprint density at radius 1 is 1.59 bits per heavy atom. The van der Waals surface area contributed by atoms with Crippen molar-refractivity contribution in [1.82, 2.24) is 15.1 Å². The topological polar surface area (TPSA) is 52.7 Å². The maximum absolute atomic E-state index is 12.2. The summed E-state index contributed by atoms with van der Waals surface area (Å²) in [5.74, 6) is 0.0382. The van der Waals surface area contributed by atoms with Crippen LogP contribution in [0.2, 0.25) is 0 Å². The molecule has 0 saturated carbocycles. The van der Waals surface area contributed by atoms with Gasteiger partial charge in [0.25, 0.3) is 0 Å². The van der Waals surface area contributed by atoms with Crippen molar-refractivity contribution >= 4 is 11.8 Å². The van der Waals surface area contributed by atoms with E-state index in [9.17, 15) is 9.59 Å². The van der Waals surface area contributed by atoms with Crippen molar-refractivity contribution in [2.45, 2.75) is 38.8 Å². The van der Waals surface area contributed by atoms with Gasteiger partial charge in [0, 0.05) is 20.6 Å². The first-order chi connectivity index (χ1) is 7.99. The molecule has 2 atom stereocenters. The molecule has 0 bridgehead atoms. The van der Waals surface area contributed by atoms with Crippen molar-refractivity contribution in [3.8, 4) is 0 Å². The van der Waals surface area contributed by atoms with Gasteiger partial charge in [-0.25, -0.2) is 0 Å². The molecule has 1 aliphatic rings. The van der Waals surface area contributed by atoms with Gasteiger partial charge in [0.2, 0.25) is 11.8 Å². The maximum Gasteiger partial charge on any atom is 0.244 e. The Bertz CT molecular complexity index is 289. The summed E-state index contributed by atoms with van der Waals surface area (Å²) >= 11 is 0. The molecular formula is C12H23N3O2. The van der Waals surface area contributed by atoms with Crippen molar-refractivity contribution in [3.63, 3.8) is 0 Å². The van der Waals surface area contributed by atoms with Gasteiger partial charge in [-0.1, -0.05) is 6.92 Å². The zero-order chi connectivity index (χ0) is 13.0. The summed E-state index contributed by atoms with van der Waals surface area (Å²) in [4.78, 5) is 27.3. The van der Waals surface area contributed by atoms with Crippen molar-refractivity contribution in [1.29, 1.82) is 0 Å². The molecule has 2 unspecified atom stereocenters. The largest absolute Gasteiger partial charge is 0.347 e. The standard InChI is InChI=1S/C12H23N3O2/c1-5-13-10-7-6-8-15(12(10)17)9(2)11(16)14(3)4/h9-10,13H,5-8H2,1-4H3. The number of hydrogen-bond donors (Lipinski definition) is 1. The van der Waals surface area contributed by atoms with Crippen LogP contribution in [0.25, 0.3) is 0 Å². The predicted octanol–water partition coefficient (Wildman–Crippen LogP) is 0.0636. The van der Waals surface area contributed by atoms with Gasteiger partial charge in [-0.15, -0.1) is 0 Å². The first-order valence-corrected chi connectivity index (χ1v) is 6.24. The van der Waals surface area contributed by atoms with Gasteiger partial charge in [0.15, 0.2) is 0 Å². The molecule has 2 amide bonds. The molecule has 98 valence electrons. The summed E-state index contributed by atoms with van der Waals surface area (Å²) in [7, 11) is 3.43. The van der Waals surface area contributed by atoms with E-state index >= 15 is 0 Å². The Morgan fingerprint density at radius 3 is 2.76 bits per heavy atom. The number of likely N-dealkylation sites (tertiary alicyclic amines) is 1. The lowest BCUT2D eigenvalue weighted by molar-refractivity contribution is -0.146. The van der Waals surface area contributed by atoms with Crippen LogP contribution in [-0.2, 0) is 9.59 Å². The Morgan fingerprint density at radius 2 is 2.24 bits per heavy atom. The minimum atomic E-state index is -0.362. The number of nitrogens with one attached hydrogen (secondary N) is 1. The summed E-state index contributed by atoms with van der Waals surface area (Å²) in [6, 6.07) is -0.481. The summed E-state index contributed by atoms with van der Waals surface area (Å²) in [6.07, 6.45) is 1.82. The zero-order valence-electron chi connectivity index (χ0n) is 11.2. The Hall–Kier alpha value is -1.10. The first-order valence-electron chi connectivity index (χ1n) is 6.24. The third-order valence-corrected chi connectivity index (χ3v) is 3.19. The third kappa shape index (κ3) is 3.19. The fourth-order valence-corrected chi connectivity index (χ4v) is 2.23. The average Bonchev–Trinajstić information content (AvgIpc) is 2.30. The van der Waals surface area contributed by atoms with E-state index in [0.717, 1.165) is 19.4 Å². The summed E-state index contributed by atoms with van der Waals surface area (Å²) in [5, 5.41) is 3.17. The molecule has 0 radical (unpaired) electrons. The minimum absolute atomic E-state index is 0.0181. The smallest absolute Gasteiger partial charge is 0.244 e. The van der Waals surface area contributed by atoms with Crippen LogP contribution in [0, 0.1) is 0 Å². The second-order valence-electron chi connectivity index (χ2n) is 4.69. The van der Waals surface area contributed by atoms with Crippen molar-refractivity contribution < 1.29 is 9.59 Å². The number of carbonyl (C=O) groups is 2. The molecule has 0 aromatic carbocycles. The molecule has 5 heteroatoms.